The summed E-state index contributed by atoms with van der Waals surface area (Å²) >= 11 is 0. The van der Waals surface area contributed by atoms with Crippen LogP contribution in [0.15, 0.2) is 66.7 Å². The van der Waals surface area contributed by atoms with Gasteiger partial charge in [0.2, 0.25) is 0 Å². The predicted molar refractivity (Wildman–Crippen MR) is 136 cm³/mol. The van der Waals surface area contributed by atoms with E-state index in [2.05, 4.69) is 38.1 Å². The summed E-state index contributed by atoms with van der Waals surface area (Å²) in [5.74, 6) is -0.586. The van der Waals surface area contributed by atoms with Gasteiger partial charge in [0.25, 0.3) is 0 Å². The highest BCUT2D eigenvalue weighted by Gasteiger charge is 2.13. The summed E-state index contributed by atoms with van der Waals surface area (Å²) < 4.78 is 25.2. The van der Waals surface area contributed by atoms with Crippen LogP contribution in [0.25, 0.3) is 11.1 Å². The highest BCUT2D eigenvalue weighted by atomic mass is 19.1. The number of ether oxygens (including phenoxy) is 2. The topological polar surface area (TPSA) is 35.5 Å². The van der Waals surface area contributed by atoms with Crippen molar-refractivity contribution in [3.8, 4) is 22.6 Å². The molecule has 180 valence electrons. The third-order valence-electron chi connectivity index (χ3n) is 5.84. The zero-order valence-corrected chi connectivity index (χ0v) is 20.3. The normalized spacial score (nSPS) is 10.8. The molecule has 0 aromatic heterocycles. The molecule has 3 aromatic rings. The smallest absolute Gasteiger partial charge is 0.343 e. The Kier molecular flexibility index (Phi) is 10.1. The van der Waals surface area contributed by atoms with Crippen molar-refractivity contribution in [1.29, 1.82) is 0 Å². The number of aryl methyl sites for hydroxylation is 1. The number of hydrogen-bond acceptors (Lipinski definition) is 3. The lowest BCUT2D eigenvalue weighted by Crippen LogP contribution is -2.09. The Labute approximate surface area is 202 Å². The summed E-state index contributed by atoms with van der Waals surface area (Å²) in [7, 11) is 0. The first-order chi connectivity index (χ1) is 16.6. The summed E-state index contributed by atoms with van der Waals surface area (Å²) in [5.41, 5.74) is 3.67. The molecule has 0 aliphatic heterocycles. The summed E-state index contributed by atoms with van der Waals surface area (Å²) in [5, 5.41) is 0. The van der Waals surface area contributed by atoms with E-state index in [1.165, 1.54) is 43.4 Å². The molecule has 3 aromatic carbocycles. The second-order valence-electron chi connectivity index (χ2n) is 8.62. The fourth-order valence-electron chi connectivity index (χ4n) is 3.78. The largest absolute Gasteiger partial charge is 0.491 e. The van der Waals surface area contributed by atoms with Gasteiger partial charge in [0.05, 0.1) is 12.2 Å². The standard InChI is InChI=1S/C30H35FO3/c1-3-5-7-8-10-23-11-13-24(14-12-23)25-15-18-27(19-16-25)34-30(32)26-17-20-29(28(31)22-26)33-21-9-6-4-2/h11-20,22H,3-10,21H2,1-2H3. The van der Waals surface area contributed by atoms with Gasteiger partial charge in [-0.3, -0.25) is 0 Å². The molecule has 0 saturated heterocycles. The quantitative estimate of drug-likeness (QED) is 0.145. The molecule has 0 aliphatic rings. The van der Waals surface area contributed by atoms with Gasteiger partial charge in [-0.2, -0.15) is 0 Å². The van der Waals surface area contributed by atoms with Crippen LogP contribution in [0.3, 0.4) is 0 Å². The van der Waals surface area contributed by atoms with E-state index in [1.54, 1.807) is 12.1 Å². The fraction of sp³-hybridized carbons (Fsp3) is 0.367. The van der Waals surface area contributed by atoms with Crippen LogP contribution in [0.2, 0.25) is 0 Å². The van der Waals surface area contributed by atoms with Crippen LogP contribution in [0, 0.1) is 5.82 Å². The lowest BCUT2D eigenvalue weighted by Gasteiger charge is -2.09. The first kappa shape index (κ1) is 25.5. The Bertz CT molecular complexity index is 1030. The van der Waals surface area contributed by atoms with Crippen LogP contribution in [0.4, 0.5) is 4.39 Å². The minimum absolute atomic E-state index is 0.150. The van der Waals surface area contributed by atoms with E-state index in [1.807, 2.05) is 12.1 Å². The average Bonchev–Trinajstić information content (AvgIpc) is 2.86. The van der Waals surface area contributed by atoms with Crippen molar-refractivity contribution >= 4 is 5.97 Å². The maximum atomic E-state index is 14.3. The number of carbonyl (C=O) groups excluding carboxylic acids is 1. The van der Waals surface area contributed by atoms with Crippen LogP contribution < -0.4 is 9.47 Å². The molecular formula is C30H35FO3. The second-order valence-corrected chi connectivity index (χ2v) is 8.62. The Morgan fingerprint density at radius 3 is 2.06 bits per heavy atom. The number of halogens is 1. The van der Waals surface area contributed by atoms with Gasteiger partial charge in [-0.15, -0.1) is 0 Å². The molecule has 34 heavy (non-hydrogen) atoms. The Morgan fingerprint density at radius 2 is 1.41 bits per heavy atom. The monoisotopic (exact) mass is 462 g/mol. The van der Waals surface area contributed by atoms with Gasteiger partial charge >= 0.3 is 5.97 Å². The SMILES string of the molecule is CCCCCCc1ccc(-c2ccc(OC(=O)c3ccc(OCCCCC)c(F)c3)cc2)cc1. The van der Waals surface area contributed by atoms with Crippen LogP contribution in [0.1, 0.15) is 74.7 Å². The minimum Gasteiger partial charge on any atom is -0.491 e. The van der Waals surface area contributed by atoms with Crippen molar-refractivity contribution in [1.82, 2.24) is 0 Å². The molecule has 0 unspecified atom stereocenters. The number of carbonyl (C=O) groups is 1. The molecule has 0 N–H and O–H groups in total. The van der Waals surface area contributed by atoms with Gasteiger partial charge in [0.1, 0.15) is 5.75 Å². The Morgan fingerprint density at radius 1 is 0.765 bits per heavy atom. The number of benzene rings is 3. The molecule has 0 amide bonds. The summed E-state index contributed by atoms with van der Waals surface area (Å²) in [6, 6.07) is 20.2. The molecule has 3 nitrogen and oxygen atoms in total. The molecule has 0 aliphatic carbocycles. The van der Waals surface area contributed by atoms with Crippen molar-refractivity contribution in [2.24, 2.45) is 0 Å². The zero-order chi connectivity index (χ0) is 24.2. The van der Waals surface area contributed by atoms with Crippen LogP contribution in [0.5, 0.6) is 11.5 Å². The lowest BCUT2D eigenvalue weighted by atomic mass is 10.0. The van der Waals surface area contributed by atoms with E-state index in [0.29, 0.717) is 12.4 Å². The third kappa shape index (κ3) is 7.72. The van der Waals surface area contributed by atoms with E-state index in [0.717, 1.165) is 42.9 Å². The Hall–Kier alpha value is -3.14. The number of unbranched alkanes of at least 4 members (excludes halogenated alkanes) is 5. The molecule has 0 radical (unpaired) electrons. The predicted octanol–water partition coefficient (Wildman–Crippen LogP) is 8.40. The zero-order valence-electron chi connectivity index (χ0n) is 20.3. The molecule has 3 rings (SSSR count). The second kappa shape index (κ2) is 13.5. The van der Waals surface area contributed by atoms with Gasteiger partial charge in [0.15, 0.2) is 11.6 Å². The average molecular weight is 463 g/mol. The van der Waals surface area contributed by atoms with Crippen LogP contribution >= 0.6 is 0 Å². The summed E-state index contributed by atoms with van der Waals surface area (Å²) in [6.45, 7) is 4.79. The molecule has 0 spiro atoms. The molecule has 0 saturated carbocycles. The van der Waals surface area contributed by atoms with Crippen molar-refractivity contribution in [2.45, 2.75) is 65.2 Å². The van der Waals surface area contributed by atoms with E-state index < -0.39 is 11.8 Å². The first-order valence-corrected chi connectivity index (χ1v) is 12.4. The number of hydrogen-bond donors (Lipinski definition) is 0. The number of rotatable bonds is 13. The van der Waals surface area contributed by atoms with Crippen molar-refractivity contribution in [3.05, 3.63) is 83.7 Å². The molecule has 0 heterocycles. The van der Waals surface area contributed by atoms with Crippen molar-refractivity contribution in [3.63, 3.8) is 0 Å². The van der Waals surface area contributed by atoms with Crippen LogP contribution in [-0.4, -0.2) is 12.6 Å². The third-order valence-corrected chi connectivity index (χ3v) is 5.84. The highest BCUT2D eigenvalue weighted by Crippen LogP contribution is 2.25. The van der Waals surface area contributed by atoms with Crippen molar-refractivity contribution in [2.75, 3.05) is 6.61 Å². The van der Waals surface area contributed by atoms with Crippen LogP contribution in [-0.2, 0) is 6.42 Å². The molecule has 0 atom stereocenters. The number of esters is 1. The maximum absolute atomic E-state index is 14.3. The lowest BCUT2D eigenvalue weighted by molar-refractivity contribution is 0.0734. The van der Waals surface area contributed by atoms with Gasteiger partial charge in [0, 0.05) is 0 Å². The van der Waals surface area contributed by atoms with E-state index >= 15 is 0 Å². The van der Waals surface area contributed by atoms with Gasteiger partial charge < -0.3 is 9.47 Å². The molecule has 4 heteroatoms. The maximum Gasteiger partial charge on any atom is 0.343 e. The highest BCUT2D eigenvalue weighted by molar-refractivity contribution is 5.91. The van der Waals surface area contributed by atoms with Gasteiger partial charge in [-0.1, -0.05) is 82.3 Å². The van der Waals surface area contributed by atoms with E-state index in [9.17, 15) is 9.18 Å². The van der Waals surface area contributed by atoms with Crippen molar-refractivity contribution < 1.29 is 18.7 Å². The first-order valence-electron chi connectivity index (χ1n) is 12.4. The minimum atomic E-state index is -0.600. The molecule has 0 bridgehead atoms. The molecule has 0 fully saturated rings. The summed E-state index contributed by atoms with van der Waals surface area (Å²) in [6.07, 6.45) is 9.15. The van der Waals surface area contributed by atoms with Gasteiger partial charge in [-0.05, 0) is 66.3 Å². The molecular weight excluding hydrogens is 427 g/mol. The van der Waals surface area contributed by atoms with E-state index in [4.69, 9.17) is 9.47 Å². The van der Waals surface area contributed by atoms with Gasteiger partial charge in [-0.25, -0.2) is 9.18 Å². The summed E-state index contributed by atoms with van der Waals surface area (Å²) in [4.78, 5) is 12.5. The fourth-order valence-corrected chi connectivity index (χ4v) is 3.78. The van der Waals surface area contributed by atoms with E-state index in [-0.39, 0.29) is 11.3 Å². The Balaban J connectivity index is 1.55.